The van der Waals surface area contributed by atoms with Gasteiger partial charge in [-0.25, -0.2) is 0 Å². The van der Waals surface area contributed by atoms with Gasteiger partial charge in [-0.3, -0.25) is 4.79 Å². The Morgan fingerprint density at radius 3 is 2.94 bits per heavy atom. The third-order valence-corrected chi connectivity index (χ3v) is 2.15. The molecular formula is C12H18N2O2. The maximum absolute atomic E-state index is 11.4. The Morgan fingerprint density at radius 1 is 1.44 bits per heavy atom. The van der Waals surface area contributed by atoms with Gasteiger partial charge in [0.2, 0.25) is 5.91 Å². The van der Waals surface area contributed by atoms with Crippen molar-refractivity contribution in [3.05, 3.63) is 29.8 Å². The third kappa shape index (κ3) is 4.42. The summed E-state index contributed by atoms with van der Waals surface area (Å²) in [5.41, 5.74) is 1.93. The Kier molecular flexibility index (Phi) is 5.53. The Morgan fingerprint density at radius 2 is 2.25 bits per heavy atom. The van der Waals surface area contributed by atoms with Gasteiger partial charge in [-0.05, 0) is 31.2 Å². The lowest BCUT2D eigenvalue weighted by Crippen LogP contribution is -2.12. The quantitative estimate of drug-likeness (QED) is 0.676. The number of rotatable bonds is 6. The zero-order valence-electron chi connectivity index (χ0n) is 9.49. The smallest absolute Gasteiger partial charge is 0.224 e. The van der Waals surface area contributed by atoms with E-state index in [0.29, 0.717) is 12.8 Å². The maximum Gasteiger partial charge on any atom is 0.224 e. The summed E-state index contributed by atoms with van der Waals surface area (Å²) in [6, 6.07) is 7.71. The minimum absolute atomic E-state index is 0.0488. The molecule has 1 aromatic rings. The lowest BCUT2D eigenvalue weighted by molar-refractivity contribution is -0.116. The van der Waals surface area contributed by atoms with Crippen LogP contribution in [0.4, 0.5) is 5.69 Å². The van der Waals surface area contributed by atoms with Crippen molar-refractivity contribution in [1.82, 2.24) is 5.32 Å². The van der Waals surface area contributed by atoms with Crippen LogP contribution in [0.1, 0.15) is 18.4 Å². The van der Waals surface area contributed by atoms with Crippen LogP contribution in [0, 0.1) is 0 Å². The molecule has 0 fully saturated rings. The van der Waals surface area contributed by atoms with Crippen molar-refractivity contribution in [3.63, 3.8) is 0 Å². The fourth-order valence-electron chi connectivity index (χ4n) is 1.43. The molecule has 3 N–H and O–H groups in total. The average molecular weight is 222 g/mol. The molecule has 4 heteroatoms. The van der Waals surface area contributed by atoms with Gasteiger partial charge in [-0.15, -0.1) is 0 Å². The van der Waals surface area contributed by atoms with Crippen LogP contribution in [-0.4, -0.2) is 24.7 Å². The first-order chi connectivity index (χ1) is 7.76. The lowest BCUT2D eigenvalue weighted by Gasteiger charge is -2.06. The molecule has 0 bridgehead atoms. The summed E-state index contributed by atoms with van der Waals surface area (Å²) in [6.07, 6.45) is 0.856. The van der Waals surface area contributed by atoms with Crippen LogP contribution in [0.3, 0.4) is 0 Å². The summed E-state index contributed by atoms with van der Waals surface area (Å²) in [4.78, 5) is 11.4. The van der Waals surface area contributed by atoms with E-state index in [0.717, 1.165) is 17.8 Å². The van der Waals surface area contributed by atoms with Crippen LogP contribution in [0.2, 0.25) is 0 Å². The Balaban J connectivity index is 2.52. The van der Waals surface area contributed by atoms with Crippen LogP contribution < -0.4 is 10.6 Å². The number of aliphatic hydroxyl groups is 1. The fourth-order valence-corrected chi connectivity index (χ4v) is 1.43. The van der Waals surface area contributed by atoms with Gasteiger partial charge in [0, 0.05) is 25.3 Å². The van der Waals surface area contributed by atoms with Crippen molar-refractivity contribution in [2.45, 2.75) is 19.4 Å². The first-order valence-corrected chi connectivity index (χ1v) is 5.40. The number of hydrogen-bond donors (Lipinski definition) is 3. The molecule has 0 saturated heterocycles. The molecule has 0 radical (unpaired) electrons. The second-order valence-electron chi connectivity index (χ2n) is 3.61. The predicted octanol–water partition coefficient (Wildman–Crippen LogP) is 1.12. The minimum atomic E-state index is -0.0596. The maximum atomic E-state index is 11.4. The molecule has 4 nitrogen and oxygen atoms in total. The van der Waals surface area contributed by atoms with Gasteiger partial charge in [-0.2, -0.15) is 0 Å². The highest BCUT2D eigenvalue weighted by molar-refractivity contribution is 5.90. The van der Waals surface area contributed by atoms with E-state index < -0.39 is 0 Å². The van der Waals surface area contributed by atoms with Crippen LogP contribution in [-0.2, 0) is 11.3 Å². The number of anilines is 1. The van der Waals surface area contributed by atoms with E-state index in [2.05, 4.69) is 10.6 Å². The number of carbonyl (C=O) groups is 1. The lowest BCUT2D eigenvalue weighted by atomic mass is 10.2. The third-order valence-electron chi connectivity index (χ3n) is 2.15. The van der Waals surface area contributed by atoms with Crippen molar-refractivity contribution < 1.29 is 9.90 Å². The van der Waals surface area contributed by atoms with Crippen molar-refractivity contribution in [1.29, 1.82) is 0 Å². The molecule has 16 heavy (non-hydrogen) atoms. The summed E-state index contributed by atoms with van der Waals surface area (Å²) in [6.45, 7) is 0.827. The van der Waals surface area contributed by atoms with Crippen molar-refractivity contribution >= 4 is 11.6 Å². The fraction of sp³-hybridized carbons (Fsp3) is 0.417. The average Bonchev–Trinajstić information content (AvgIpc) is 2.27. The van der Waals surface area contributed by atoms with Crippen LogP contribution in [0.15, 0.2) is 24.3 Å². The van der Waals surface area contributed by atoms with E-state index in [4.69, 9.17) is 5.11 Å². The molecule has 1 amide bonds. The zero-order valence-corrected chi connectivity index (χ0v) is 9.49. The summed E-state index contributed by atoms with van der Waals surface area (Å²) in [7, 11) is 1.88. The largest absolute Gasteiger partial charge is 0.396 e. The van der Waals surface area contributed by atoms with Gasteiger partial charge in [0.25, 0.3) is 0 Å². The van der Waals surface area contributed by atoms with Gasteiger partial charge >= 0.3 is 0 Å². The van der Waals surface area contributed by atoms with Gasteiger partial charge in [0.1, 0.15) is 0 Å². The zero-order chi connectivity index (χ0) is 11.8. The van der Waals surface area contributed by atoms with E-state index in [1.165, 1.54) is 0 Å². The molecule has 1 rings (SSSR count). The highest BCUT2D eigenvalue weighted by Crippen LogP contribution is 2.11. The van der Waals surface area contributed by atoms with Crippen LogP contribution >= 0.6 is 0 Å². The number of carbonyl (C=O) groups excluding carboxylic acids is 1. The monoisotopic (exact) mass is 222 g/mol. The summed E-state index contributed by atoms with van der Waals surface area (Å²) < 4.78 is 0. The molecule has 0 aliphatic carbocycles. The molecule has 88 valence electrons. The molecule has 0 saturated carbocycles. The number of hydrogen-bond acceptors (Lipinski definition) is 3. The second-order valence-corrected chi connectivity index (χ2v) is 3.61. The highest BCUT2D eigenvalue weighted by atomic mass is 16.3. The van der Waals surface area contributed by atoms with E-state index in [-0.39, 0.29) is 12.5 Å². The summed E-state index contributed by atoms with van der Waals surface area (Å²) in [5, 5.41) is 14.5. The Hall–Kier alpha value is -1.39. The van der Waals surface area contributed by atoms with E-state index >= 15 is 0 Å². The minimum Gasteiger partial charge on any atom is -0.396 e. The number of benzene rings is 1. The van der Waals surface area contributed by atoms with Gasteiger partial charge in [-0.1, -0.05) is 12.1 Å². The molecule has 0 aliphatic heterocycles. The van der Waals surface area contributed by atoms with Crippen molar-refractivity contribution in [2.24, 2.45) is 0 Å². The molecular weight excluding hydrogens is 204 g/mol. The topological polar surface area (TPSA) is 61.4 Å². The van der Waals surface area contributed by atoms with Crippen LogP contribution in [0.5, 0.6) is 0 Å². The number of amides is 1. The van der Waals surface area contributed by atoms with Crippen molar-refractivity contribution in [3.8, 4) is 0 Å². The van der Waals surface area contributed by atoms with Gasteiger partial charge in [0.15, 0.2) is 0 Å². The molecule has 0 spiro atoms. The second kappa shape index (κ2) is 6.98. The highest BCUT2D eigenvalue weighted by Gasteiger charge is 2.02. The Bertz CT molecular complexity index is 340. The number of aliphatic hydroxyl groups excluding tert-OH is 1. The first kappa shape index (κ1) is 12.7. The van der Waals surface area contributed by atoms with Crippen molar-refractivity contribution in [2.75, 3.05) is 19.0 Å². The summed E-state index contributed by atoms with van der Waals surface area (Å²) in [5.74, 6) is -0.0596. The molecule has 0 unspecified atom stereocenters. The van der Waals surface area contributed by atoms with Gasteiger partial charge < -0.3 is 15.7 Å². The standard InChI is InChI=1S/C12H18N2O2/c1-13-9-10-4-2-5-11(8-10)14-12(16)6-3-7-15/h2,4-5,8,13,15H,3,6-7,9H2,1H3,(H,14,16). The molecule has 0 aliphatic rings. The van der Waals surface area contributed by atoms with Gasteiger partial charge in [0.05, 0.1) is 0 Å². The SMILES string of the molecule is CNCc1cccc(NC(=O)CCCO)c1. The molecule has 0 aromatic heterocycles. The molecule has 1 aromatic carbocycles. The molecule has 0 atom stereocenters. The van der Waals surface area contributed by atoms with E-state index in [1.807, 2.05) is 31.3 Å². The van der Waals surface area contributed by atoms with E-state index in [1.54, 1.807) is 0 Å². The number of nitrogens with one attached hydrogen (secondary N) is 2. The van der Waals surface area contributed by atoms with Crippen LogP contribution in [0.25, 0.3) is 0 Å². The first-order valence-electron chi connectivity index (χ1n) is 5.40. The summed E-state index contributed by atoms with van der Waals surface area (Å²) >= 11 is 0. The van der Waals surface area contributed by atoms with E-state index in [9.17, 15) is 4.79 Å². The Labute approximate surface area is 95.7 Å². The normalized spacial score (nSPS) is 10.1. The molecule has 0 heterocycles. The predicted molar refractivity (Wildman–Crippen MR) is 64.2 cm³/mol.